The number of benzene rings is 1. The largest absolute Gasteiger partial charge is 0.508 e. The van der Waals surface area contributed by atoms with Crippen molar-refractivity contribution in [1.29, 1.82) is 0 Å². The van der Waals surface area contributed by atoms with Gasteiger partial charge in [0.05, 0.1) is 0 Å². The average molecular weight is 241 g/mol. The van der Waals surface area contributed by atoms with Crippen LogP contribution in [0.15, 0.2) is 24.3 Å². The summed E-state index contributed by atoms with van der Waals surface area (Å²) in [5.41, 5.74) is 0.487. The molecule has 17 heavy (non-hydrogen) atoms. The van der Waals surface area contributed by atoms with Crippen molar-refractivity contribution in [1.82, 2.24) is 5.32 Å². The molecule has 0 bridgehead atoms. The van der Waals surface area contributed by atoms with Crippen LogP contribution >= 0.6 is 0 Å². The molecule has 1 atom stereocenters. The number of rotatable bonds is 3. The van der Waals surface area contributed by atoms with E-state index in [-0.39, 0.29) is 12.2 Å². The first-order valence-electron chi connectivity index (χ1n) is 5.94. The maximum atomic E-state index is 14.0. The molecule has 0 spiro atoms. The van der Waals surface area contributed by atoms with Crippen LogP contribution in [-0.2, 0) is 6.42 Å². The lowest BCUT2D eigenvalue weighted by molar-refractivity contribution is -0.0647. The van der Waals surface area contributed by atoms with E-state index in [9.17, 15) is 13.9 Å². The normalized spacial score (nSPS) is 21.4. The summed E-state index contributed by atoms with van der Waals surface area (Å²) < 4.78 is 28.0. The minimum Gasteiger partial charge on any atom is -0.508 e. The van der Waals surface area contributed by atoms with Crippen LogP contribution in [0.2, 0.25) is 0 Å². The van der Waals surface area contributed by atoms with Gasteiger partial charge in [0.25, 0.3) is 5.92 Å². The third kappa shape index (κ3) is 3.16. The topological polar surface area (TPSA) is 32.3 Å². The van der Waals surface area contributed by atoms with E-state index in [1.807, 2.05) is 0 Å². The third-order valence-electron chi connectivity index (χ3n) is 3.24. The van der Waals surface area contributed by atoms with Crippen molar-refractivity contribution in [2.75, 3.05) is 13.1 Å². The number of phenolic OH excluding ortho intramolecular Hbond substituents is 1. The molecule has 4 heteroatoms. The Labute approximate surface area is 99.7 Å². The molecule has 2 rings (SSSR count). The first-order chi connectivity index (χ1) is 8.08. The summed E-state index contributed by atoms with van der Waals surface area (Å²) in [4.78, 5) is 0. The Morgan fingerprint density at radius 2 is 2.24 bits per heavy atom. The van der Waals surface area contributed by atoms with Crippen molar-refractivity contribution >= 4 is 0 Å². The van der Waals surface area contributed by atoms with Crippen LogP contribution in [-0.4, -0.2) is 24.1 Å². The van der Waals surface area contributed by atoms with Crippen molar-refractivity contribution in [3.63, 3.8) is 0 Å². The Hall–Kier alpha value is -1.16. The SMILES string of the molecule is Oc1cccc(CC(F)(F)C2CCCNC2)c1. The standard InChI is InChI=1S/C13H17F2NO/c14-13(15,11-4-2-6-16-9-11)8-10-3-1-5-12(17)7-10/h1,3,5,7,11,16-17H,2,4,6,8-9H2. The highest BCUT2D eigenvalue weighted by Gasteiger charge is 2.39. The van der Waals surface area contributed by atoms with Crippen molar-refractivity contribution in [3.05, 3.63) is 29.8 Å². The molecule has 1 heterocycles. The molecule has 1 saturated heterocycles. The van der Waals surface area contributed by atoms with Gasteiger partial charge in [0.1, 0.15) is 5.75 Å². The molecule has 1 fully saturated rings. The van der Waals surface area contributed by atoms with Gasteiger partial charge >= 0.3 is 0 Å². The first-order valence-corrected chi connectivity index (χ1v) is 5.94. The molecule has 2 nitrogen and oxygen atoms in total. The van der Waals surface area contributed by atoms with Crippen molar-refractivity contribution in [3.8, 4) is 5.75 Å². The summed E-state index contributed by atoms with van der Waals surface area (Å²) in [6.07, 6.45) is 1.08. The summed E-state index contributed by atoms with van der Waals surface area (Å²) in [7, 11) is 0. The summed E-state index contributed by atoms with van der Waals surface area (Å²) in [5.74, 6) is -3.26. The molecule has 2 N–H and O–H groups in total. The number of hydrogen-bond donors (Lipinski definition) is 2. The molecule has 0 radical (unpaired) electrons. The van der Waals surface area contributed by atoms with Gasteiger partial charge in [-0.25, -0.2) is 8.78 Å². The van der Waals surface area contributed by atoms with Gasteiger partial charge in [-0.3, -0.25) is 0 Å². The third-order valence-corrected chi connectivity index (χ3v) is 3.24. The molecule has 1 unspecified atom stereocenters. The van der Waals surface area contributed by atoms with Crippen LogP contribution in [0.4, 0.5) is 8.78 Å². The van der Waals surface area contributed by atoms with Crippen LogP contribution < -0.4 is 5.32 Å². The maximum Gasteiger partial charge on any atom is 0.256 e. The van der Waals surface area contributed by atoms with Crippen LogP contribution in [0.1, 0.15) is 18.4 Å². The predicted molar refractivity (Wildman–Crippen MR) is 62.4 cm³/mol. The van der Waals surface area contributed by atoms with Gasteiger partial charge in [0.15, 0.2) is 0 Å². The van der Waals surface area contributed by atoms with E-state index in [4.69, 9.17) is 0 Å². The van der Waals surface area contributed by atoms with Gasteiger partial charge in [0.2, 0.25) is 0 Å². The highest BCUT2D eigenvalue weighted by molar-refractivity contribution is 5.28. The fourth-order valence-corrected chi connectivity index (χ4v) is 2.30. The Balaban J connectivity index is 2.05. The lowest BCUT2D eigenvalue weighted by Crippen LogP contribution is -2.41. The van der Waals surface area contributed by atoms with E-state index in [1.165, 1.54) is 12.1 Å². The highest BCUT2D eigenvalue weighted by Crippen LogP contribution is 2.33. The van der Waals surface area contributed by atoms with E-state index in [1.54, 1.807) is 12.1 Å². The van der Waals surface area contributed by atoms with Gasteiger partial charge in [-0.05, 0) is 37.1 Å². The predicted octanol–water partition coefficient (Wildman–Crippen LogP) is 2.57. The zero-order valence-corrected chi connectivity index (χ0v) is 9.63. The molecule has 94 valence electrons. The van der Waals surface area contributed by atoms with Crippen LogP contribution in [0.5, 0.6) is 5.75 Å². The average Bonchev–Trinajstić information content (AvgIpc) is 2.29. The van der Waals surface area contributed by atoms with Gasteiger partial charge in [-0.1, -0.05) is 12.1 Å². The Bertz CT molecular complexity index is 375. The number of aromatic hydroxyl groups is 1. The molecule has 1 aliphatic rings. The fourth-order valence-electron chi connectivity index (χ4n) is 2.30. The second-order valence-corrected chi connectivity index (χ2v) is 4.65. The molecule has 0 saturated carbocycles. The highest BCUT2D eigenvalue weighted by atomic mass is 19.3. The fraction of sp³-hybridized carbons (Fsp3) is 0.538. The van der Waals surface area contributed by atoms with E-state index < -0.39 is 11.8 Å². The smallest absolute Gasteiger partial charge is 0.256 e. The molecular weight excluding hydrogens is 224 g/mol. The second-order valence-electron chi connectivity index (χ2n) is 4.65. The van der Waals surface area contributed by atoms with Crippen molar-refractivity contribution in [2.24, 2.45) is 5.92 Å². The number of piperidine rings is 1. The molecule has 1 aromatic carbocycles. The molecule has 0 aliphatic carbocycles. The number of nitrogens with one attached hydrogen (secondary N) is 1. The van der Waals surface area contributed by atoms with E-state index in [0.717, 1.165) is 13.0 Å². The number of phenols is 1. The monoisotopic (exact) mass is 241 g/mol. The molecule has 0 amide bonds. The molecule has 1 aliphatic heterocycles. The van der Waals surface area contributed by atoms with E-state index >= 15 is 0 Å². The summed E-state index contributed by atoms with van der Waals surface area (Å²) in [6, 6.07) is 6.12. The molecule has 1 aromatic rings. The van der Waals surface area contributed by atoms with Gasteiger partial charge < -0.3 is 10.4 Å². The summed E-state index contributed by atoms with van der Waals surface area (Å²) in [5, 5.41) is 12.3. The van der Waals surface area contributed by atoms with Crippen LogP contribution in [0, 0.1) is 5.92 Å². The minimum absolute atomic E-state index is 0.0417. The Morgan fingerprint density at radius 1 is 1.41 bits per heavy atom. The number of hydrogen-bond acceptors (Lipinski definition) is 2. The second kappa shape index (κ2) is 5.00. The van der Waals surface area contributed by atoms with Gasteiger partial charge in [-0.15, -0.1) is 0 Å². The Morgan fingerprint density at radius 3 is 2.88 bits per heavy atom. The summed E-state index contributed by atoms with van der Waals surface area (Å²) >= 11 is 0. The maximum absolute atomic E-state index is 14.0. The lowest BCUT2D eigenvalue weighted by atomic mass is 9.89. The lowest BCUT2D eigenvalue weighted by Gasteiger charge is -2.30. The van der Waals surface area contributed by atoms with Crippen LogP contribution in [0.3, 0.4) is 0 Å². The minimum atomic E-state index is -2.71. The zero-order valence-electron chi connectivity index (χ0n) is 9.63. The first kappa shape index (κ1) is 12.3. The van der Waals surface area contributed by atoms with E-state index in [0.29, 0.717) is 18.5 Å². The van der Waals surface area contributed by atoms with Crippen molar-refractivity contribution < 1.29 is 13.9 Å². The van der Waals surface area contributed by atoms with Crippen molar-refractivity contribution in [2.45, 2.75) is 25.2 Å². The zero-order chi connectivity index (χ0) is 12.3. The van der Waals surface area contributed by atoms with Gasteiger partial charge in [-0.2, -0.15) is 0 Å². The van der Waals surface area contributed by atoms with Crippen LogP contribution in [0.25, 0.3) is 0 Å². The number of alkyl halides is 2. The Kier molecular flexibility index (Phi) is 3.62. The summed E-state index contributed by atoms with van der Waals surface area (Å²) in [6.45, 7) is 1.21. The quantitative estimate of drug-likeness (QED) is 0.852. The van der Waals surface area contributed by atoms with E-state index in [2.05, 4.69) is 5.32 Å². The van der Waals surface area contributed by atoms with Gasteiger partial charge in [0, 0.05) is 18.9 Å². The molecule has 0 aromatic heterocycles. The molecular formula is C13H17F2NO. The number of halogens is 2.